The van der Waals surface area contributed by atoms with Crippen molar-refractivity contribution >= 4 is 90.7 Å². The number of nitrogens with one attached hydrogen (secondary N) is 5. The van der Waals surface area contributed by atoms with Crippen LogP contribution in [0.2, 0.25) is 5.02 Å². The number of pyridine rings is 1. The maximum Gasteiger partial charge on any atom is 0.293 e. The van der Waals surface area contributed by atoms with Crippen LogP contribution in [0.4, 0.5) is 17.1 Å². The van der Waals surface area contributed by atoms with E-state index in [2.05, 4.69) is 66.4 Å². The molecule has 2 aromatic heterocycles. The first-order valence-corrected chi connectivity index (χ1v) is 32.2. The molecule has 0 spiro atoms. The fourth-order valence-electron chi connectivity index (χ4n) is 12.4. The number of benzene rings is 4. The summed E-state index contributed by atoms with van der Waals surface area (Å²) in [4.78, 5) is 77.9. The molecule has 5 heterocycles. The fourth-order valence-corrected chi connectivity index (χ4v) is 14.6. The average molecular weight is 1210 g/mol. The van der Waals surface area contributed by atoms with Crippen molar-refractivity contribution in [3.63, 3.8) is 0 Å². The van der Waals surface area contributed by atoms with Crippen LogP contribution in [0.15, 0.2) is 119 Å². The Morgan fingerprint density at radius 1 is 0.929 bits per heavy atom. The lowest BCUT2D eigenvalue weighted by Crippen LogP contribution is -2.52. The van der Waals surface area contributed by atoms with E-state index in [1.54, 1.807) is 53.2 Å². The molecule has 1 saturated carbocycles. The number of halogens is 1. The van der Waals surface area contributed by atoms with Gasteiger partial charge in [-0.25, -0.2) is 18.1 Å². The highest BCUT2D eigenvalue weighted by Gasteiger charge is 2.40. The van der Waals surface area contributed by atoms with Gasteiger partial charge in [-0.05, 0) is 165 Å². The predicted octanol–water partition coefficient (Wildman–Crippen LogP) is 10.7. The molecule has 3 aliphatic heterocycles. The Bertz CT molecular complexity index is 3670. The van der Waals surface area contributed by atoms with Crippen LogP contribution in [0.1, 0.15) is 116 Å². The lowest BCUT2D eigenvalue weighted by Gasteiger charge is -2.39. The Labute approximate surface area is 504 Å². The van der Waals surface area contributed by atoms with Crippen LogP contribution in [0.25, 0.3) is 16.6 Å². The van der Waals surface area contributed by atoms with Crippen LogP contribution in [0.3, 0.4) is 0 Å². The number of hydrogen-bond acceptors (Lipinski definition) is 15. The van der Waals surface area contributed by atoms with E-state index in [4.69, 9.17) is 16.3 Å². The first-order chi connectivity index (χ1) is 40.9. The quantitative estimate of drug-likeness (QED) is 0.0148. The number of aromatic amines is 1. The second-order valence-corrected chi connectivity index (χ2v) is 27.0. The number of rotatable bonds is 21. The number of thioether (sulfide) groups is 1. The van der Waals surface area contributed by atoms with Crippen molar-refractivity contribution < 1.29 is 37.3 Å². The average Bonchev–Trinajstić information content (AvgIpc) is 2.99. The summed E-state index contributed by atoms with van der Waals surface area (Å²) in [6, 6.07) is 25.9. The van der Waals surface area contributed by atoms with Crippen molar-refractivity contribution in [3.05, 3.63) is 146 Å². The number of amides is 4. The number of carbonyl (C=O) groups is 4. The van der Waals surface area contributed by atoms with E-state index in [0.717, 1.165) is 122 Å². The summed E-state index contributed by atoms with van der Waals surface area (Å²) in [6.45, 7) is 10.2. The second-order valence-electron chi connectivity index (χ2n) is 23.7. The molecule has 2 aliphatic carbocycles. The molecule has 5 N–H and O–H groups in total. The molecule has 4 amide bonds. The zero-order valence-corrected chi connectivity index (χ0v) is 50.2. The number of hydrogen-bond donors (Lipinski definition) is 5. The summed E-state index contributed by atoms with van der Waals surface area (Å²) in [5, 5.41) is 23.2. The number of H-pyrrole nitrogens is 1. The molecule has 11 rings (SSSR count). The zero-order valence-electron chi connectivity index (χ0n) is 47.8. The fraction of sp³-hybridized carbons (Fsp3) is 0.413. The lowest BCUT2D eigenvalue weighted by molar-refractivity contribution is -0.384. The van der Waals surface area contributed by atoms with E-state index in [1.807, 2.05) is 30.3 Å². The first-order valence-electron chi connectivity index (χ1n) is 29.3. The molecule has 22 heteroatoms. The maximum absolute atomic E-state index is 14.2. The van der Waals surface area contributed by atoms with Crippen LogP contribution in [0, 0.1) is 21.4 Å². The van der Waals surface area contributed by atoms with Crippen molar-refractivity contribution in [1.82, 2.24) is 35.1 Å². The number of nitro groups is 1. The molecule has 19 nitrogen and oxygen atoms in total. The smallest absolute Gasteiger partial charge is 0.293 e. The van der Waals surface area contributed by atoms with Gasteiger partial charge < -0.3 is 30.2 Å². The van der Waals surface area contributed by atoms with Crippen LogP contribution in [0.5, 0.6) is 11.5 Å². The normalized spacial score (nSPS) is 20.1. The minimum absolute atomic E-state index is 0.0512. The molecule has 4 aromatic carbocycles. The van der Waals surface area contributed by atoms with Gasteiger partial charge in [0.25, 0.3) is 27.5 Å². The number of fused-ring (bicyclic) bond motifs is 2. The number of unbranched alkanes of at least 4 members (excludes halogenated alkanes) is 1. The van der Waals surface area contributed by atoms with E-state index in [0.29, 0.717) is 55.6 Å². The van der Waals surface area contributed by atoms with Gasteiger partial charge in [-0.2, -0.15) is 0 Å². The van der Waals surface area contributed by atoms with E-state index in [-0.39, 0.29) is 46.6 Å². The molecule has 5 aliphatic rings. The van der Waals surface area contributed by atoms with Crippen LogP contribution in [-0.4, -0.2) is 120 Å². The predicted molar refractivity (Wildman–Crippen MR) is 330 cm³/mol. The number of sulfonamides is 1. The molecule has 0 bridgehead atoms. The summed E-state index contributed by atoms with van der Waals surface area (Å²) in [5.74, 6) is -0.284. The number of carbonyl (C=O) groups excluding carboxylic acids is 4. The molecular weight excluding hydrogens is 1140 g/mol. The van der Waals surface area contributed by atoms with Gasteiger partial charge in [-0.3, -0.25) is 39.5 Å². The number of nitro benzene ring substituents is 1. The summed E-state index contributed by atoms with van der Waals surface area (Å²) < 4.78 is 36.5. The minimum atomic E-state index is -4.62. The highest BCUT2D eigenvalue weighted by atomic mass is 35.5. The Morgan fingerprint density at radius 3 is 2.51 bits per heavy atom. The lowest BCUT2D eigenvalue weighted by atomic mass is 9.72. The number of imide groups is 1. The van der Waals surface area contributed by atoms with Crippen LogP contribution >= 0.6 is 23.4 Å². The molecule has 446 valence electrons. The Kier molecular flexibility index (Phi) is 18.0. The van der Waals surface area contributed by atoms with Gasteiger partial charge in [0.05, 0.1) is 21.6 Å². The molecule has 1 atom stereocenters. The number of ether oxygens (including phenoxy) is 1. The van der Waals surface area contributed by atoms with E-state index in [9.17, 15) is 37.7 Å². The minimum Gasteiger partial charge on any atom is -0.455 e. The third-order valence-corrected chi connectivity index (χ3v) is 20.0. The van der Waals surface area contributed by atoms with Crippen LogP contribution < -0.4 is 30.3 Å². The third-order valence-electron chi connectivity index (χ3n) is 17.3. The summed E-state index contributed by atoms with van der Waals surface area (Å²) in [6.07, 6.45) is 12.6. The van der Waals surface area contributed by atoms with Gasteiger partial charge >= 0.3 is 0 Å². The first kappa shape index (κ1) is 59.4. The van der Waals surface area contributed by atoms with E-state index >= 15 is 0 Å². The molecular formula is C63H71ClN10O9S2. The van der Waals surface area contributed by atoms with Gasteiger partial charge in [-0.1, -0.05) is 49.2 Å². The zero-order chi connectivity index (χ0) is 59.4. The molecule has 0 radical (unpaired) electrons. The standard InChI is InChI=1S/C63H71ClN10O9S2/c1-63(2)24-22-43(51(35-63)41-10-12-44(64)13-11-41)38-71-27-29-72(30-28-71)46-16-18-50(56(33-46)83-47-32-42-23-26-66-59(42)68-37-47)60(76)70-85(81,82)48-17-19-53(55(34-48)74(79)80)67-36-40-8-14-45(15-9-40)65-25-3-4-31-84-57-7-5-6-49-52(57)39-73(62(49)78)54-20-21-58(75)69-61(54)77/h5-7,10-13,16-19,23,26,32-34,37,40,45,54,65,67H,3-4,8-9,14-15,20-22,24-25,27-31,35-36,38-39H2,1-2H3,(H,66,68)(H,70,76)(H,69,75,77). The van der Waals surface area contributed by atoms with E-state index < -0.39 is 43.4 Å². The highest BCUT2D eigenvalue weighted by molar-refractivity contribution is 7.99. The summed E-state index contributed by atoms with van der Waals surface area (Å²) in [7, 11) is -4.62. The highest BCUT2D eigenvalue weighted by Crippen LogP contribution is 2.44. The van der Waals surface area contributed by atoms with Gasteiger partial charge in [-0.15, -0.1) is 11.8 Å². The number of allylic oxidation sites excluding steroid dienone is 1. The SMILES string of the molecule is CC1(C)CCC(CN2CCN(c3ccc(C(=O)NS(=O)(=O)c4ccc(NCC5CCC(NCCCCSc6cccc7c6CN(C6CCC(=O)NC6=O)C7=O)CC5)c([N+](=O)[O-])c4)c(Oc4cnc5[nH]ccc5c4)c3)CC2)=C(c2ccc(Cl)cc2)C1. The van der Waals surface area contributed by atoms with Crippen molar-refractivity contribution in [2.24, 2.45) is 11.3 Å². The number of piperazine rings is 1. The second kappa shape index (κ2) is 25.7. The Hall–Kier alpha value is -7.30. The maximum atomic E-state index is 14.2. The van der Waals surface area contributed by atoms with Crippen molar-refractivity contribution in [2.45, 2.75) is 113 Å². The van der Waals surface area contributed by atoms with Crippen molar-refractivity contribution in [1.29, 1.82) is 0 Å². The van der Waals surface area contributed by atoms with Gasteiger partial charge in [0.1, 0.15) is 28.9 Å². The Balaban J connectivity index is 0.669. The number of aromatic nitrogens is 2. The Morgan fingerprint density at radius 2 is 1.73 bits per heavy atom. The number of piperidine rings is 1. The van der Waals surface area contributed by atoms with Crippen molar-refractivity contribution in [2.75, 3.05) is 61.8 Å². The summed E-state index contributed by atoms with van der Waals surface area (Å²) in [5.41, 5.74) is 7.00. The van der Waals surface area contributed by atoms with Gasteiger partial charge in [0, 0.05) is 103 Å². The van der Waals surface area contributed by atoms with E-state index in [1.165, 1.54) is 35.0 Å². The third kappa shape index (κ3) is 14.0. The molecule has 85 heavy (non-hydrogen) atoms. The van der Waals surface area contributed by atoms with Gasteiger partial charge in [0.2, 0.25) is 11.8 Å². The van der Waals surface area contributed by atoms with Gasteiger partial charge in [0.15, 0.2) is 0 Å². The molecule has 6 aromatic rings. The number of anilines is 2. The van der Waals surface area contributed by atoms with Crippen molar-refractivity contribution in [3.8, 4) is 11.5 Å². The summed E-state index contributed by atoms with van der Waals surface area (Å²) >= 11 is 7.99. The largest absolute Gasteiger partial charge is 0.455 e. The van der Waals surface area contributed by atoms with Crippen LogP contribution in [-0.2, 0) is 26.2 Å². The molecule has 2 saturated heterocycles. The topological polar surface area (TPSA) is 241 Å². The number of nitrogens with zero attached hydrogens (tertiary/aromatic N) is 5. The monoisotopic (exact) mass is 1210 g/mol. The molecule has 3 fully saturated rings. The molecule has 1 unspecified atom stereocenters.